The van der Waals surface area contributed by atoms with Crippen LogP contribution in [0.15, 0.2) is 0 Å². The fraction of sp³-hybridized carbons (Fsp3) is 0.714. The average molecular weight is 157 g/mol. The Hall–Kier alpha value is -1.06. The maximum Gasteiger partial charge on any atom is 0.326 e. The highest BCUT2D eigenvalue weighted by Gasteiger charge is 2.40. The van der Waals surface area contributed by atoms with Gasteiger partial charge in [-0.2, -0.15) is 0 Å². The topological polar surface area (TPSA) is 66.4 Å². The van der Waals surface area contributed by atoms with Crippen LogP contribution in [0.3, 0.4) is 0 Å². The first-order chi connectivity index (χ1) is 5.04. The standard InChI is InChI=1S/C7H11NO3/c1-3-4(2)6(9)8-5(3)7(10)11/h3-5H,1-2H3,(H,8,9)(H,10,11)/t3-,4+,5-/m0/s1. The number of amides is 1. The van der Waals surface area contributed by atoms with Crippen molar-refractivity contribution in [3.05, 3.63) is 0 Å². The molecule has 1 heterocycles. The zero-order valence-electron chi connectivity index (χ0n) is 6.50. The van der Waals surface area contributed by atoms with Crippen LogP contribution in [0.1, 0.15) is 13.8 Å². The third-order valence-electron chi connectivity index (χ3n) is 2.29. The predicted octanol–water partition coefficient (Wildman–Crippen LogP) is -0.158. The lowest BCUT2D eigenvalue weighted by Gasteiger charge is -2.10. The lowest BCUT2D eigenvalue weighted by Crippen LogP contribution is -2.35. The fourth-order valence-corrected chi connectivity index (χ4v) is 1.23. The molecule has 0 bridgehead atoms. The van der Waals surface area contributed by atoms with Crippen molar-refractivity contribution in [3.8, 4) is 0 Å². The first-order valence-electron chi connectivity index (χ1n) is 3.57. The van der Waals surface area contributed by atoms with Gasteiger partial charge in [0.1, 0.15) is 6.04 Å². The highest BCUT2D eigenvalue weighted by molar-refractivity contribution is 5.89. The lowest BCUT2D eigenvalue weighted by atomic mass is 9.94. The predicted molar refractivity (Wildman–Crippen MR) is 37.9 cm³/mol. The molecule has 0 aromatic heterocycles. The van der Waals surface area contributed by atoms with Crippen LogP contribution in [0.2, 0.25) is 0 Å². The molecule has 1 aliphatic heterocycles. The van der Waals surface area contributed by atoms with Crippen LogP contribution in [0, 0.1) is 11.8 Å². The second kappa shape index (κ2) is 2.53. The Kier molecular flexibility index (Phi) is 1.85. The number of aliphatic carboxylic acids is 1. The summed E-state index contributed by atoms with van der Waals surface area (Å²) in [5.41, 5.74) is 0. The van der Waals surface area contributed by atoms with Gasteiger partial charge in [-0.15, -0.1) is 0 Å². The number of carboxylic acid groups (broad SMARTS) is 1. The molecular weight excluding hydrogens is 146 g/mol. The van der Waals surface area contributed by atoms with E-state index in [0.717, 1.165) is 0 Å². The Balaban J connectivity index is 2.74. The third kappa shape index (κ3) is 1.20. The molecule has 0 spiro atoms. The quantitative estimate of drug-likeness (QED) is 0.556. The molecule has 62 valence electrons. The monoisotopic (exact) mass is 157 g/mol. The zero-order valence-corrected chi connectivity index (χ0v) is 6.50. The Morgan fingerprint density at radius 2 is 2.09 bits per heavy atom. The number of hydrogen-bond acceptors (Lipinski definition) is 2. The molecule has 0 aliphatic carbocycles. The van der Waals surface area contributed by atoms with E-state index in [9.17, 15) is 9.59 Å². The molecule has 0 aromatic rings. The average Bonchev–Trinajstić information content (AvgIpc) is 2.17. The number of carbonyl (C=O) groups is 2. The first-order valence-corrected chi connectivity index (χ1v) is 3.57. The summed E-state index contributed by atoms with van der Waals surface area (Å²) in [6.07, 6.45) is 0. The molecule has 1 amide bonds. The Labute approximate surface area is 64.6 Å². The molecule has 2 N–H and O–H groups in total. The van der Waals surface area contributed by atoms with Gasteiger partial charge in [0.25, 0.3) is 0 Å². The molecule has 4 heteroatoms. The second-order valence-electron chi connectivity index (χ2n) is 2.97. The molecule has 4 nitrogen and oxygen atoms in total. The van der Waals surface area contributed by atoms with Crippen LogP contribution in [0.4, 0.5) is 0 Å². The van der Waals surface area contributed by atoms with Crippen LogP contribution < -0.4 is 5.32 Å². The van der Waals surface area contributed by atoms with E-state index in [-0.39, 0.29) is 17.7 Å². The second-order valence-corrected chi connectivity index (χ2v) is 2.97. The van der Waals surface area contributed by atoms with Crippen LogP contribution in [0.5, 0.6) is 0 Å². The Bertz CT molecular complexity index is 202. The van der Waals surface area contributed by atoms with Crippen molar-refractivity contribution in [1.82, 2.24) is 5.32 Å². The van der Waals surface area contributed by atoms with Gasteiger partial charge >= 0.3 is 5.97 Å². The minimum atomic E-state index is -0.949. The van der Waals surface area contributed by atoms with E-state index in [1.54, 1.807) is 13.8 Å². The van der Waals surface area contributed by atoms with Crippen molar-refractivity contribution in [1.29, 1.82) is 0 Å². The van der Waals surface area contributed by atoms with Gasteiger partial charge in [0.05, 0.1) is 0 Å². The maximum absolute atomic E-state index is 10.9. The molecule has 0 unspecified atom stereocenters. The van der Waals surface area contributed by atoms with E-state index < -0.39 is 12.0 Å². The summed E-state index contributed by atoms with van der Waals surface area (Å²) in [5.74, 6) is -1.41. The third-order valence-corrected chi connectivity index (χ3v) is 2.29. The molecule has 0 aromatic carbocycles. The van der Waals surface area contributed by atoms with Crippen molar-refractivity contribution in [2.75, 3.05) is 0 Å². The minimum absolute atomic E-state index is 0.111. The SMILES string of the molecule is C[C@@H]1[C@@H](C(=O)O)NC(=O)[C@@H]1C. The Morgan fingerprint density at radius 3 is 2.27 bits per heavy atom. The van der Waals surface area contributed by atoms with Gasteiger partial charge < -0.3 is 10.4 Å². The first kappa shape index (κ1) is 8.04. The van der Waals surface area contributed by atoms with Crippen LogP contribution in [-0.4, -0.2) is 23.0 Å². The van der Waals surface area contributed by atoms with Crippen LogP contribution in [0.25, 0.3) is 0 Å². The van der Waals surface area contributed by atoms with Crippen LogP contribution in [-0.2, 0) is 9.59 Å². The van der Waals surface area contributed by atoms with Gasteiger partial charge in [0.15, 0.2) is 0 Å². The highest BCUT2D eigenvalue weighted by atomic mass is 16.4. The molecular formula is C7H11NO3. The molecule has 3 atom stereocenters. The number of rotatable bonds is 1. The number of carbonyl (C=O) groups excluding carboxylic acids is 1. The van der Waals surface area contributed by atoms with Crippen molar-refractivity contribution in [2.45, 2.75) is 19.9 Å². The smallest absolute Gasteiger partial charge is 0.326 e. The molecule has 1 saturated heterocycles. The number of nitrogens with one attached hydrogen (secondary N) is 1. The highest BCUT2D eigenvalue weighted by Crippen LogP contribution is 2.22. The molecule has 0 saturated carbocycles. The van der Waals surface area contributed by atoms with E-state index in [1.807, 2.05) is 0 Å². The normalized spacial score (nSPS) is 36.9. The number of hydrogen-bond donors (Lipinski definition) is 2. The summed E-state index contributed by atoms with van der Waals surface area (Å²) in [5, 5.41) is 11.0. The number of carboxylic acids is 1. The summed E-state index contributed by atoms with van der Waals surface area (Å²) >= 11 is 0. The Morgan fingerprint density at radius 1 is 1.55 bits per heavy atom. The van der Waals surface area contributed by atoms with Crippen molar-refractivity contribution in [2.24, 2.45) is 11.8 Å². The molecule has 1 fully saturated rings. The summed E-state index contributed by atoms with van der Waals surface area (Å²) in [7, 11) is 0. The fourth-order valence-electron chi connectivity index (χ4n) is 1.23. The van der Waals surface area contributed by atoms with Gasteiger partial charge in [-0.3, -0.25) is 4.79 Å². The van der Waals surface area contributed by atoms with Gasteiger partial charge in [0.2, 0.25) is 5.91 Å². The lowest BCUT2D eigenvalue weighted by molar-refractivity contribution is -0.140. The van der Waals surface area contributed by atoms with Gasteiger partial charge in [-0.05, 0) is 5.92 Å². The molecule has 1 aliphatic rings. The van der Waals surface area contributed by atoms with Crippen LogP contribution >= 0.6 is 0 Å². The molecule has 11 heavy (non-hydrogen) atoms. The van der Waals surface area contributed by atoms with E-state index >= 15 is 0 Å². The van der Waals surface area contributed by atoms with E-state index in [0.29, 0.717) is 0 Å². The summed E-state index contributed by atoms with van der Waals surface area (Å²) < 4.78 is 0. The van der Waals surface area contributed by atoms with E-state index in [2.05, 4.69) is 5.32 Å². The van der Waals surface area contributed by atoms with E-state index in [1.165, 1.54) is 0 Å². The van der Waals surface area contributed by atoms with Gasteiger partial charge in [-0.1, -0.05) is 13.8 Å². The molecule has 0 radical (unpaired) electrons. The summed E-state index contributed by atoms with van der Waals surface area (Å²) in [4.78, 5) is 21.4. The minimum Gasteiger partial charge on any atom is -0.480 e. The van der Waals surface area contributed by atoms with E-state index in [4.69, 9.17) is 5.11 Å². The largest absolute Gasteiger partial charge is 0.480 e. The summed E-state index contributed by atoms with van der Waals surface area (Å²) in [6, 6.07) is -0.697. The zero-order chi connectivity index (χ0) is 8.59. The maximum atomic E-state index is 10.9. The summed E-state index contributed by atoms with van der Waals surface area (Å²) in [6.45, 7) is 3.50. The van der Waals surface area contributed by atoms with Crippen molar-refractivity contribution < 1.29 is 14.7 Å². The van der Waals surface area contributed by atoms with Gasteiger partial charge in [0, 0.05) is 5.92 Å². The van der Waals surface area contributed by atoms with Gasteiger partial charge in [-0.25, -0.2) is 4.79 Å². The molecule has 1 rings (SSSR count). The van der Waals surface area contributed by atoms with Crippen molar-refractivity contribution >= 4 is 11.9 Å². The van der Waals surface area contributed by atoms with Crippen molar-refractivity contribution in [3.63, 3.8) is 0 Å².